The van der Waals surface area contributed by atoms with Crippen molar-refractivity contribution in [3.05, 3.63) is 0 Å². The molecule has 0 aromatic carbocycles. The highest BCUT2D eigenvalue weighted by Crippen LogP contribution is 2.17. The number of nitrogens with two attached hydrogens (primary N) is 1. The molecular formula is C14H27N3O2. The number of hydrogen-bond acceptors (Lipinski definition) is 4. The zero-order valence-electron chi connectivity index (χ0n) is 12.0. The highest BCUT2D eigenvalue weighted by Gasteiger charge is 2.25. The van der Waals surface area contributed by atoms with Gasteiger partial charge in [-0.2, -0.15) is 0 Å². The molecule has 2 aliphatic heterocycles. The van der Waals surface area contributed by atoms with Crippen molar-refractivity contribution >= 4 is 5.91 Å². The highest BCUT2D eigenvalue weighted by molar-refractivity contribution is 5.81. The highest BCUT2D eigenvalue weighted by atomic mass is 16.5. The second kappa shape index (κ2) is 7.22. The standard InChI is InChI=1S/C14H27N3O2/c1-2-13(15)14(18)17-7-5-16(6-8-17)11-12-3-9-19-10-4-12/h12-13H,2-11,15H2,1H3/t13-/m0/s1. The maximum Gasteiger partial charge on any atom is 0.239 e. The van der Waals surface area contributed by atoms with Crippen LogP contribution in [0.1, 0.15) is 26.2 Å². The van der Waals surface area contributed by atoms with E-state index in [9.17, 15) is 4.79 Å². The number of ether oxygens (including phenoxy) is 1. The minimum absolute atomic E-state index is 0.119. The Labute approximate surface area is 116 Å². The molecule has 2 saturated heterocycles. The number of carbonyl (C=O) groups excluding carboxylic acids is 1. The molecule has 0 radical (unpaired) electrons. The number of hydrogen-bond donors (Lipinski definition) is 1. The predicted octanol–water partition coefficient (Wildman–Crippen LogP) is 0.295. The first-order chi connectivity index (χ1) is 9.20. The third-order valence-corrected chi connectivity index (χ3v) is 4.30. The zero-order valence-corrected chi connectivity index (χ0v) is 12.0. The Bertz CT molecular complexity index is 284. The molecule has 0 aromatic rings. The van der Waals surface area contributed by atoms with E-state index in [1.165, 1.54) is 12.8 Å². The maximum atomic E-state index is 12.0. The molecule has 0 bridgehead atoms. The summed E-state index contributed by atoms with van der Waals surface area (Å²) in [6.45, 7) is 8.57. The van der Waals surface area contributed by atoms with Crippen LogP contribution >= 0.6 is 0 Å². The van der Waals surface area contributed by atoms with Crippen molar-refractivity contribution in [2.75, 3.05) is 45.9 Å². The van der Waals surface area contributed by atoms with Gasteiger partial charge < -0.3 is 15.4 Å². The molecule has 2 N–H and O–H groups in total. The summed E-state index contributed by atoms with van der Waals surface area (Å²) in [5.74, 6) is 0.891. The molecule has 0 aromatic heterocycles. The van der Waals surface area contributed by atoms with Crippen LogP contribution < -0.4 is 5.73 Å². The van der Waals surface area contributed by atoms with Crippen molar-refractivity contribution in [1.29, 1.82) is 0 Å². The summed E-state index contributed by atoms with van der Waals surface area (Å²) in [6, 6.07) is -0.318. The fourth-order valence-corrected chi connectivity index (χ4v) is 2.85. The first kappa shape index (κ1) is 14.8. The first-order valence-electron chi connectivity index (χ1n) is 7.55. The Hall–Kier alpha value is -0.650. The summed E-state index contributed by atoms with van der Waals surface area (Å²) in [4.78, 5) is 16.4. The minimum Gasteiger partial charge on any atom is -0.381 e. The summed E-state index contributed by atoms with van der Waals surface area (Å²) in [5.41, 5.74) is 5.81. The summed E-state index contributed by atoms with van der Waals surface area (Å²) in [6.07, 6.45) is 3.08. The van der Waals surface area contributed by atoms with E-state index in [1.807, 2.05) is 11.8 Å². The van der Waals surface area contributed by atoms with Gasteiger partial charge in [0, 0.05) is 45.9 Å². The molecule has 0 spiro atoms. The van der Waals surface area contributed by atoms with Gasteiger partial charge in [0.2, 0.25) is 5.91 Å². The van der Waals surface area contributed by atoms with Gasteiger partial charge in [0.05, 0.1) is 6.04 Å². The van der Waals surface area contributed by atoms with Crippen LogP contribution in [0, 0.1) is 5.92 Å². The SMILES string of the molecule is CC[C@H](N)C(=O)N1CCN(CC2CCOCC2)CC1. The number of amides is 1. The molecule has 19 heavy (non-hydrogen) atoms. The lowest BCUT2D eigenvalue weighted by molar-refractivity contribution is -0.134. The Morgan fingerprint density at radius 3 is 2.47 bits per heavy atom. The van der Waals surface area contributed by atoms with Crippen molar-refractivity contribution < 1.29 is 9.53 Å². The molecule has 0 unspecified atom stereocenters. The van der Waals surface area contributed by atoms with Gasteiger partial charge in [-0.05, 0) is 25.2 Å². The topological polar surface area (TPSA) is 58.8 Å². The molecule has 1 atom stereocenters. The van der Waals surface area contributed by atoms with Gasteiger partial charge in [-0.15, -0.1) is 0 Å². The second-order valence-electron chi connectivity index (χ2n) is 5.70. The van der Waals surface area contributed by atoms with Crippen molar-refractivity contribution in [2.45, 2.75) is 32.2 Å². The molecule has 2 aliphatic rings. The largest absolute Gasteiger partial charge is 0.381 e. The van der Waals surface area contributed by atoms with Crippen LogP contribution in [0.15, 0.2) is 0 Å². The van der Waals surface area contributed by atoms with Gasteiger partial charge in [-0.25, -0.2) is 0 Å². The fraction of sp³-hybridized carbons (Fsp3) is 0.929. The second-order valence-corrected chi connectivity index (χ2v) is 5.70. The molecule has 1 amide bonds. The van der Waals surface area contributed by atoms with Crippen LogP contribution in [0.3, 0.4) is 0 Å². The lowest BCUT2D eigenvalue weighted by Crippen LogP contribution is -2.53. The minimum atomic E-state index is -0.318. The third kappa shape index (κ3) is 4.16. The molecule has 110 valence electrons. The molecule has 2 heterocycles. The van der Waals surface area contributed by atoms with E-state index in [2.05, 4.69) is 4.90 Å². The van der Waals surface area contributed by atoms with Crippen molar-refractivity contribution in [3.63, 3.8) is 0 Å². The fourth-order valence-electron chi connectivity index (χ4n) is 2.85. The van der Waals surface area contributed by atoms with E-state index in [1.54, 1.807) is 0 Å². The number of nitrogens with zero attached hydrogens (tertiary/aromatic N) is 2. The van der Waals surface area contributed by atoms with Crippen LogP contribution in [0.4, 0.5) is 0 Å². The van der Waals surface area contributed by atoms with Gasteiger partial charge in [0.1, 0.15) is 0 Å². The lowest BCUT2D eigenvalue weighted by Gasteiger charge is -2.38. The van der Waals surface area contributed by atoms with Crippen LogP contribution in [-0.4, -0.2) is 67.7 Å². The smallest absolute Gasteiger partial charge is 0.239 e. The van der Waals surface area contributed by atoms with Crippen LogP contribution in [0.25, 0.3) is 0 Å². The monoisotopic (exact) mass is 269 g/mol. The van der Waals surface area contributed by atoms with Crippen LogP contribution in [0.2, 0.25) is 0 Å². The summed E-state index contributed by atoms with van der Waals surface area (Å²) < 4.78 is 5.39. The van der Waals surface area contributed by atoms with Gasteiger partial charge >= 0.3 is 0 Å². The Morgan fingerprint density at radius 2 is 1.89 bits per heavy atom. The van der Waals surface area contributed by atoms with Gasteiger partial charge in [-0.1, -0.05) is 6.92 Å². The Kier molecular flexibility index (Phi) is 5.60. The van der Waals surface area contributed by atoms with E-state index in [0.29, 0.717) is 0 Å². The molecule has 0 saturated carbocycles. The maximum absolute atomic E-state index is 12.0. The Morgan fingerprint density at radius 1 is 1.26 bits per heavy atom. The number of piperazine rings is 1. The quantitative estimate of drug-likeness (QED) is 0.797. The van der Waals surface area contributed by atoms with E-state index in [-0.39, 0.29) is 11.9 Å². The molecule has 2 rings (SSSR count). The van der Waals surface area contributed by atoms with Crippen LogP contribution in [0.5, 0.6) is 0 Å². The third-order valence-electron chi connectivity index (χ3n) is 4.30. The van der Waals surface area contributed by atoms with E-state index in [4.69, 9.17) is 10.5 Å². The van der Waals surface area contributed by atoms with Gasteiger partial charge in [0.15, 0.2) is 0 Å². The first-order valence-corrected chi connectivity index (χ1v) is 7.55. The van der Waals surface area contributed by atoms with Crippen molar-refractivity contribution in [3.8, 4) is 0 Å². The van der Waals surface area contributed by atoms with Crippen molar-refractivity contribution in [2.24, 2.45) is 11.7 Å². The zero-order chi connectivity index (χ0) is 13.7. The predicted molar refractivity (Wildman–Crippen MR) is 74.8 cm³/mol. The summed E-state index contributed by atoms with van der Waals surface area (Å²) in [7, 11) is 0. The van der Waals surface area contributed by atoms with Crippen molar-refractivity contribution in [1.82, 2.24) is 9.80 Å². The average molecular weight is 269 g/mol. The van der Waals surface area contributed by atoms with Gasteiger partial charge in [0.25, 0.3) is 0 Å². The summed E-state index contributed by atoms with van der Waals surface area (Å²) in [5, 5.41) is 0. The summed E-state index contributed by atoms with van der Waals surface area (Å²) >= 11 is 0. The Balaban J connectivity index is 1.71. The molecular weight excluding hydrogens is 242 g/mol. The average Bonchev–Trinajstić information content (AvgIpc) is 2.47. The van der Waals surface area contributed by atoms with E-state index >= 15 is 0 Å². The van der Waals surface area contributed by atoms with E-state index < -0.39 is 0 Å². The number of rotatable bonds is 4. The molecule has 5 heteroatoms. The molecule has 0 aliphatic carbocycles. The van der Waals surface area contributed by atoms with Gasteiger partial charge in [-0.3, -0.25) is 9.69 Å². The molecule has 2 fully saturated rings. The van der Waals surface area contributed by atoms with Crippen LogP contribution in [-0.2, 0) is 9.53 Å². The normalized spacial score (nSPS) is 24.4. The molecule has 5 nitrogen and oxygen atoms in total. The number of carbonyl (C=O) groups is 1. The lowest BCUT2D eigenvalue weighted by atomic mass is 9.99. The van der Waals surface area contributed by atoms with E-state index in [0.717, 1.165) is 58.3 Å².